The molecule has 1 atom stereocenters. The van der Waals surface area contributed by atoms with Gasteiger partial charge < -0.3 is 14.8 Å². The van der Waals surface area contributed by atoms with E-state index in [1.54, 1.807) is 6.07 Å². The van der Waals surface area contributed by atoms with E-state index in [2.05, 4.69) is 5.32 Å². The molecule has 5 heteroatoms. The first kappa shape index (κ1) is 14.3. The number of rotatable bonds is 6. The molecule has 0 aliphatic rings. The van der Waals surface area contributed by atoms with Crippen molar-refractivity contribution in [3.8, 4) is 0 Å². The lowest BCUT2D eigenvalue weighted by atomic mass is 10.1. The molecule has 1 aromatic heterocycles. The molecule has 5 nitrogen and oxygen atoms in total. The normalized spacial score (nSPS) is 12.2. The van der Waals surface area contributed by atoms with Crippen LogP contribution < -0.4 is 5.32 Å². The summed E-state index contributed by atoms with van der Waals surface area (Å²) in [6, 6.07) is 0.775. The third kappa shape index (κ3) is 3.35. The van der Waals surface area contributed by atoms with E-state index < -0.39 is 17.9 Å². The summed E-state index contributed by atoms with van der Waals surface area (Å²) in [4.78, 5) is 22.8. The Labute approximate surface area is 106 Å². The molecule has 0 aliphatic carbocycles. The van der Waals surface area contributed by atoms with Gasteiger partial charge in [-0.05, 0) is 25.0 Å². The zero-order chi connectivity index (χ0) is 13.7. The molecule has 1 heterocycles. The van der Waals surface area contributed by atoms with Gasteiger partial charge in [0.05, 0.1) is 0 Å². The number of hydrogen-bond donors (Lipinski definition) is 2. The summed E-state index contributed by atoms with van der Waals surface area (Å²) in [6.07, 6.45) is 1.80. The summed E-state index contributed by atoms with van der Waals surface area (Å²) < 4.78 is 5.38. The number of carboxylic acid groups (broad SMARTS) is 1. The van der Waals surface area contributed by atoms with Crippen LogP contribution >= 0.6 is 0 Å². The van der Waals surface area contributed by atoms with Crippen molar-refractivity contribution in [3.63, 3.8) is 0 Å². The smallest absolute Gasteiger partial charge is 0.326 e. The molecule has 1 unspecified atom stereocenters. The molecule has 0 saturated heterocycles. The number of aliphatic carboxylic acids is 1. The quantitative estimate of drug-likeness (QED) is 0.814. The Morgan fingerprint density at radius 2 is 2.11 bits per heavy atom. The van der Waals surface area contributed by atoms with Crippen molar-refractivity contribution in [2.24, 2.45) is 0 Å². The highest BCUT2D eigenvalue weighted by Gasteiger charge is 2.22. The molecule has 2 N–H and O–H groups in total. The van der Waals surface area contributed by atoms with Crippen LogP contribution in [0.2, 0.25) is 0 Å². The minimum absolute atomic E-state index is 0.173. The third-order valence-corrected chi connectivity index (χ3v) is 2.75. The van der Waals surface area contributed by atoms with Crippen LogP contribution in [0.5, 0.6) is 0 Å². The second-order valence-electron chi connectivity index (χ2n) is 4.22. The molecule has 0 bridgehead atoms. The van der Waals surface area contributed by atoms with Gasteiger partial charge in [0.15, 0.2) is 5.76 Å². The Kier molecular flexibility index (Phi) is 4.95. The van der Waals surface area contributed by atoms with E-state index in [1.165, 1.54) is 0 Å². The molecule has 1 rings (SSSR count). The third-order valence-electron chi connectivity index (χ3n) is 2.75. The minimum atomic E-state index is -1.02. The summed E-state index contributed by atoms with van der Waals surface area (Å²) >= 11 is 0. The fraction of sp³-hybridized carbons (Fsp3) is 0.538. The topological polar surface area (TPSA) is 79.5 Å². The average Bonchev–Trinajstić information content (AvgIpc) is 2.69. The second kappa shape index (κ2) is 6.23. The van der Waals surface area contributed by atoms with Crippen LogP contribution in [0.4, 0.5) is 0 Å². The van der Waals surface area contributed by atoms with Crippen molar-refractivity contribution in [1.82, 2.24) is 5.32 Å². The fourth-order valence-corrected chi connectivity index (χ4v) is 1.76. The van der Waals surface area contributed by atoms with Crippen molar-refractivity contribution in [2.45, 2.75) is 46.1 Å². The van der Waals surface area contributed by atoms with E-state index in [4.69, 9.17) is 9.52 Å². The highest BCUT2D eigenvalue weighted by molar-refractivity contribution is 5.94. The Morgan fingerprint density at radius 3 is 2.56 bits per heavy atom. The highest BCUT2D eigenvalue weighted by Crippen LogP contribution is 2.15. The molecular weight excluding hydrogens is 234 g/mol. The lowest BCUT2D eigenvalue weighted by Crippen LogP contribution is -2.40. The predicted molar refractivity (Wildman–Crippen MR) is 66.6 cm³/mol. The maximum atomic E-state index is 11.8. The fourth-order valence-electron chi connectivity index (χ4n) is 1.76. The highest BCUT2D eigenvalue weighted by atomic mass is 16.4. The van der Waals surface area contributed by atoms with E-state index in [9.17, 15) is 9.59 Å². The van der Waals surface area contributed by atoms with Crippen LogP contribution in [0.25, 0.3) is 0 Å². The second-order valence-corrected chi connectivity index (χ2v) is 4.22. The van der Waals surface area contributed by atoms with Crippen LogP contribution in [-0.4, -0.2) is 23.0 Å². The van der Waals surface area contributed by atoms with Crippen LogP contribution in [0.3, 0.4) is 0 Å². The van der Waals surface area contributed by atoms with Crippen LogP contribution in [0, 0.1) is 6.92 Å². The Bertz CT molecular complexity index is 436. The first-order chi connectivity index (χ1) is 8.49. The molecule has 0 spiro atoms. The van der Waals surface area contributed by atoms with Gasteiger partial charge in [-0.2, -0.15) is 0 Å². The Hall–Kier alpha value is -1.78. The summed E-state index contributed by atoms with van der Waals surface area (Å²) in [5.74, 6) is -0.572. The standard InChI is InChI=1S/C13H19NO4/c1-4-6-9(13(16)17)14-12(15)11-7-8(3)10(5-2)18-11/h7,9H,4-6H2,1-3H3,(H,14,15)(H,16,17). The van der Waals surface area contributed by atoms with E-state index in [-0.39, 0.29) is 5.76 Å². The molecule has 0 saturated carbocycles. The van der Waals surface area contributed by atoms with E-state index >= 15 is 0 Å². The van der Waals surface area contributed by atoms with Crippen molar-refractivity contribution < 1.29 is 19.1 Å². The number of nitrogens with one attached hydrogen (secondary N) is 1. The first-order valence-electron chi connectivity index (χ1n) is 6.12. The van der Waals surface area contributed by atoms with Gasteiger partial charge >= 0.3 is 5.97 Å². The number of carbonyl (C=O) groups is 2. The molecule has 0 fully saturated rings. The number of carbonyl (C=O) groups excluding carboxylic acids is 1. The summed E-state index contributed by atoms with van der Waals surface area (Å²) in [5.41, 5.74) is 0.907. The molecule has 1 aromatic rings. The lowest BCUT2D eigenvalue weighted by Gasteiger charge is -2.12. The van der Waals surface area contributed by atoms with Crippen molar-refractivity contribution >= 4 is 11.9 Å². The van der Waals surface area contributed by atoms with Crippen molar-refractivity contribution in [1.29, 1.82) is 0 Å². The summed E-state index contributed by atoms with van der Waals surface area (Å²) in [5, 5.41) is 11.4. The van der Waals surface area contributed by atoms with Gasteiger partial charge in [0.2, 0.25) is 0 Å². The van der Waals surface area contributed by atoms with E-state index in [0.717, 1.165) is 11.3 Å². The van der Waals surface area contributed by atoms with Gasteiger partial charge in [-0.3, -0.25) is 4.79 Å². The molecular formula is C13H19NO4. The van der Waals surface area contributed by atoms with Crippen LogP contribution in [0.1, 0.15) is 48.6 Å². The summed E-state index contributed by atoms with van der Waals surface area (Å²) in [6.45, 7) is 5.67. The SMILES string of the molecule is CCCC(NC(=O)c1cc(C)c(CC)o1)C(=O)O. The molecule has 0 aliphatic heterocycles. The zero-order valence-corrected chi connectivity index (χ0v) is 10.9. The zero-order valence-electron chi connectivity index (χ0n) is 10.9. The largest absolute Gasteiger partial charge is 0.480 e. The van der Waals surface area contributed by atoms with E-state index in [0.29, 0.717) is 19.3 Å². The number of aryl methyl sites for hydroxylation is 2. The van der Waals surface area contributed by atoms with Gasteiger partial charge in [-0.25, -0.2) is 4.79 Å². The first-order valence-corrected chi connectivity index (χ1v) is 6.12. The molecule has 0 aromatic carbocycles. The molecule has 0 radical (unpaired) electrons. The van der Waals surface area contributed by atoms with Gasteiger partial charge in [0.25, 0.3) is 5.91 Å². The lowest BCUT2D eigenvalue weighted by molar-refractivity contribution is -0.139. The van der Waals surface area contributed by atoms with Crippen molar-refractivity contribution in [2.75, 3.05) is 0 Å². The number of carboxylic acids is 1. The number of amides is 1. The predicted octanol–water partition coefficient (Wildman–Crippen LogP) is 2.13. The van der Waals surface area contributed by atoms with Gasteiger partial charge in [0.1, 0.15) is 11.8 Å². The van der Waals surface area contributed by atoms with Gasteiger partial charge in [-0.1, -0.05) is 20.3 Å². The maximum absolute atomic E-state index is 11.8. The van der Waals surface area contributed by atoms with Crippen LogP contribution in [-0.2, 0) is 11.2 Å². The molecule has 100 valence electrons. The number of furan rings is 1. The minimum Gasteiger partial charge on any atom is -0.480 e. The van der Waals surface area contributed by atoms with E-state index in [1.807, 2.05) is 20.8 Å². The average molecular weight is 253 g/mol. The molecule has 18 heavy (non-hydrogen) atoms. The van der Waals surface area contributed by atoms with Gasteiger partial charge in [0, 0.05) is 6.42 Å². The Balaban J connectivity index is 2.77. The van der Waals surface area contributed by atoms with Crippen LogP contribution in [0.15, 0.2) is 10.5 Å². The summed E-state index contributed by atoms with van der Waals surface area (Å²) in [7, 11) is 0. The maximum Gasteiger partial charge on any atom is 0.326 e. The Morgan fingerprint density at radius 1 is 1.44 bits per heavy atom. The van der Waals surface area contributed by atoms with Gasteiger partial charge in [-0.15, -0.1) is 0 Å². The molecule has 1 amide bonds. The number of hydrogen-bond acceptors (Lipinski definition) is 3. The van der Waals surface area contributed by atoms with Crippen molar-refractivity contribution in [3.05, 3.63) is 23.2 Å². The monoisotopic (exact) mass is 253 g/mol.